The van der Waals surface area contributed by atoms with Gasteiger partial charge in [0.1, 0.15) is 5.69 Å². The molecule has 1 aromatic carbocycles. The van der Waals surface area contributed by atoms with Crippen molar-refractivity contribution >= 4 is 21.2 Å². The van der Waals surface area contributed by atoms with Crippen molar-refractivity contribution in [1.29, 1.82) is 0 Å². The maximum absolute atomic E-state index is 12.7. The van der Waals surface area contributed by atoms with E-state index in [0.717, 1.165) is 37.7 Å². The molecule has 0 bridgehead atoms. The number of anilines is 1. The molecule has 2 heterocycles. The van der Waals surface area contributed by atoms with E-state index < -0.39 is 31.1 Å². The molecule has 0 spiro atoms. The highest BCUT2D eigenvalue weighted by molar-refractivity contribution is 7.91. The lowest BCUT2D eigenvalue weighted by molar-refractivity contribution is -0.384. The molecule has 1 fully saturated rings. The summed E-state index contributed by atoms with van der Waals surface area (Å²) in [6.07, 6.45) is 3.18. The zero-order valence-corrected chi connectivity index (χ0v) is 16.2. The van der Waals surface area contributed by atoms with Crippen LogP contribution in [0.15, 0.2) is 47.5 Å². The monoisotopic (exact) mass is 426 g/mol. The van der Waals surface area contributed by atoms with Crippen molar-refractivity contribution in [2.45, 2.75) is 36.1 Å². The topological polar surface area (TPSA) is 105 Å². The summed E-state index contributed by atoms with van der Waals surface area (Å²) in [4.78, 5) is 16.3. The van der Waals surface area contributed by atoms with Gasteiger partial charge < -0.3 is 5.32 Å². The highest BCUT2D eigenvalue weighted by Gasteiger charge is 2.30. The number of nitrogens with one attached hydrogen (secondary N) is 1. The summed E-state index contributed by atoms with van der Waals surface area (Å²) in [5.41, 5.74) is 0.541. The largest absolute Gasteiger partial charge is 0.377 e. The summed E-state index contributed by atoms with van der Waals surface area (Å²) in [7, 11) is -4.90. The fourth-order valence-electron chi connectivity index (χ4n) is 3.24. The lowest BCUT2D eigenvalue weighted by Gasteiger charge is -2.32. The number of alkyl halides is 2. The third-order valence-electron chi connectivity index (χ3n) is 4.79. The van der Waals surface area contributed by atoms with Gasteiger partial charge in [0.25, 0.3) is 5.69 Å². The molecule has 0 amide bonds. The lowest BCUT2D eigenvalue weighted by atomic mass is 10.0. The first-order chi connectivity index (χ1) is 13.8. The van der Waals surface area contributed by atoms with Crippen LogP contribution >= 0.6 is 0 Å². The summed E-state index contributed by atoms with van der Waals surface area (Å²) in [6, 6.07) is 8.49. The van der Waals surface area contributed by atoms with Crippen molar-refractivity contribution in [2.75, 3.05) is 18.4 Å². The molecular weight excluding hydrogens is 406 g/mol. The summed E-state index contributed by atoms with van der Waals surface area (Å²) >= 11 is 0. The van der Waals surface area contributed by atoms with Crippen LogP contribution in [0.2, 0.25) is 0 Å². The Balaban J connectivity index is 1.67. The van der Waals surface area contributed by atoms with E-state index in [1.165, 1.54) is 6.07 Å². The van der Waals surface area contributed by atoms with Gasteiger partial charge >= 0.3 is 5.76 Å². The maximum Gasteiger partial charge on any atom is 0.341 e. The van der Waals surface area contributed by atoms with E-state index in [-0.39, 0.29) is 11.7 Å². The molecule has 1 N–H and O–H groups in total. The zero-order valence-electron chi connectivity index (χ0n) is 15.4. The molecule has 1 aromatic heterocycles. The molecule has 0 radical (unpaired) electrons. The number of sulfone groups is 1. The average Bonchev–Trinajstić information content (AvgIpc) is 2.70. The summed E-state index contributed by atoms with van der Waals surface area (Å²) in [5, 5.41) is 14.4. The number of hydrogen-bond donors (Lipinski definition) is 1. The molecule has 8 nitrogen and oxygen atoms in total. The number of halogens is 2. The van der Waals surface area contributed by atoms with Crippen LogP contribution in [-0.2, 0) is 16.4 Å². The molecule has 29 heavy (non-hydrogen) atoms. The van der Waals surface area contributed by atoms with Gasteiger partial charge in [0.15, 0.2) is 0 Å². The van der Waals surface area contributed by atoms with Gasteiger partial charge in [0.2, 0.25) is 9.84 Å². The van der Waals surface area contributed by atoms with Gasteiger partial charge in [-0.2, -0.15) is 8.78 Å². The van der Waals surface area contributed by atoms with E-state index in [9.17, 15) is 27.3 Å². The number of nitro benzene ring substituents is 1. The van der Waals surface area contributed by atoms with E-state index in [2.05, 4.69) is 15.2 Å². The van der Waals surface area contributed by atoms with Gasteiger partial charge in [-0.3, -0.25) is 20.0 Å². The Hall–Kier alpha value is -2.66. The van der Waals surface area contributed by atoms with Crippen LogP contribution in [0.5, 0.6) is 0 Å². The van der Waals surface area contributed by atoms with Gasteiger partial charge in [-0.05, 0) is 37.1 Å². The number of nitro groups is 1. The van der Waals surface area contributed by atoms with Crippen molar-refractivity contribution in [2.24, 2.45) is 0 Å². The van der Waals surface area contributed by atoms with Gasteiger partial charge in [-0.1, -0.05) is 6.07 Å². The number of nitrogens with zero attached hydrogens (tertiary/aromatic N) is 3. The van der Waals surface area contributed by atoms with Gasteiger partial charge in [-0.15, -0.1) is 0 Å². The average molecular weight is 426 g/mol. The smallest absolute Gasteiger partial charge is 0.341 e. The number of aromatic nitrogens is 1. The molecule has 3 rings (SSSR count). The Morgan fingerprint density at radius 1 is 1.24 bits per heavy atom. The van der Waals surface area contributed by atoms with Gasteiger partial charge in [0, 0.05) is 37.9 Å². The van der Waals surface area contributed by atoms with E-state index in [0.29, 0.717) is 12.6 Å². The van der Waals surface area contributed by atoms with E-state index in [1.807, 2.05) is 18.2 Å². The SMILES string of the molecule is O=[N+]([O-])c1cc(S(=O)(=O)C(F)F)ccc1NC1CCN(Cc2ccccn2)CC1. The Morgan fingerprint density at radius 2 is 1.97 bits per heavy atom. The van der Waals surface area contributed by atoms with E-state index in [4.69, 9.17) is 0 Å². The molecular formula is C18H20F2N4O4S. The predicted octanol–water partition coefficient (Wildman–Crippen LogP) is 3.06. The molecule has 1 saturated heterocycles. The third kappa shape index (κ3) is 5.04. The predicted molar refractivity (Wildman–Crippen MR) is 102 cm³/mol. The van der Waals surface area contributed by atoms with Crippen molar-refractivity contribution in [3.05, 3.63) is 58.4 Å². The number of piperidine rings is 1. The molecule has 1 aliphatic rings. The van der Waals surface area contributed by atoms with Crippen LogP contribution < -0.4 is 5.32 Å². The first-order valence-corrected chi connectivity index (χ1v) is 10.5. The van der Waals surface area contributed by atoms with Crippen molar-refractivity contribution in [1.82, 2.24) is 9.88 Å². The second kappa shape index (κ2) is 8.78. The second-order valence-corrected chi connectivity index (χ2v) is 8.68. The van der Waals surface area contributed by atoms with Gasteiger partial charge in [0.05, 0.1) is 15.5 Å². The van der Waals surface area contributed by atoms with Crippen molar-refractivity contribution < 1.29 is 22.1 Å². The lowest BCUT2D eigenvalue weighted by Crippen LogP contribution is -2.38. The first-order valence-electron chi connectivity index (χ1n) is 8.96. The molecule has 2 aromatic rings. The van der Waals surface area contributed by atoms with Crippen LogP contribution in [0.4, 0.5) is 20.2 Å². The highest BCUT2D eigenvalue weighted by Crippen LogP contribution is 2.31. The van der Waals surface area contributed by atoms with E-state index >= 15 is 0 Å². The van der Waals surface area contributed by atoms with E-state index in [1.54, 1.807) is 6.20 Å². The maximum atomic E-state index is 12.7. The summed E-state index contributed by atoms with van der Waals surface area (Å²) < 4.78 is 48.6. The Kier molecular flexibility index (Phi) is 6.38. The second-order valence-electron chi connectivity index (χ2n) is 6.76. The fourth-order valence-corrected chi connectivity index (χ4v) is 3.98. The van der Waals surface area contributed by atoms with Crippen molar-refractivity contribution in [3.63, 3.8) is 0 Å². The standard InChI is InChI=1S/C18H20F2N4O4S/c19-18(20)29(27,28)15-4-5-16(17(11-15)24(25)26)22-13-6-9-23(10-7-13)12-14-3-1-2-8-21-14/h1-5,8,11,13,18,22H,6-7,9-10,12H2. The summed E-state index contributed by atoms with van der Waals surface area (Å²) in [6.45, 7) is 2.24. The van der Waals surface area contributed by atoms with Crippen LogP contribution in [0.25, 0.3) is 0 Å². The van der Waals surface area contributed by atoms with Crippen LogP contribution in [0, 0.1) is 10.1 Å². The fraction of sp³-hybridized carbons (Fsp3) is 0.389. The van der Waals surface area contributed by atoms with Crippen LogP contribution in [0.3, 0.4) is 0 Å². The van der Waals surface area contributed by atoms with Crippen LogP contribution in [-0.4, -0.2) is 48.1 Å². The number of pyridine rings is 1. The quantitative estimate of drug-likeness (QED) is 0.536. The molecule has 0 saturated carbocycles. The zero-order chi connectivity index (χ0) is 21.0. The number of likely N-dealkylation sites (tertiary alicyclic amines) is 1. The Bertz CT molecular complexity index is 965. The van der Waals surface area contributed by atoms with Crippen molar-refractivity contribution in [3.8, 4) is 0 Å². The Labute approximate surface area is 166 Å². The minimum atomic E-state index is -4.90. The number of rotatable bonds is 7. The molecule has 156 valence electrons. The minimum Gasteiger partial charge on any atom is -0.377 e. The minimum absolute atomic E-state index is 0.0498. The molecule has 1 aliphatic heterocycles. The highest BCUT2D eigenvalue weighted by atomic mass is 32.2. The molecule has 0 aliphatic carbocycles. The number of benzene rings is 1. The molecule has 0 unspecified atom stereocenters. The third-order valence-corrected chi connectivity index (χ3v) is 6.17. The molecule has 0 atom stereocenters. The first kappa shape index (κ1) is 21.1. The number of hydrogen-bond acceptors (Lipinski definition) is 7. The summed E-state index contributed by atoms with van der Waals surface area (Å²) in [5.74, 6) is -3.63. The Morgan fingerprint density at radius 3 is 2.55 bits per heavy atom. The molecule has 11 heteroatoms. The van der Waals surface area contributed by atoms with Gasteiger partial charge in [-0.25, -0.2) is 8.42 Å². The normalized spacial score (nSPS) is 16.1. The van der Waals surface area contributed by atoms with Crippen LogP contribution in [0.1, 0.15) is 18.5 Å².